The first-order valence-corrected chi connectivity index (χ1v) is 4.38. The lowest BCUT2D eigenvalue weighted by Crippen LogP contribution is -2.43. The minimum absolute atomic E-state index is 0.326. The first-order valence-electron chi connectivity index (χ1n) is 4.38. The molecule has 6 nitrogen and oxygen atoms in total. The molecular formula is C8H17N3O3. The Kier molecular flexibility index (Phi) is 5.62. The third kappa shape index (κ3) is 6.24. The van der Waals surface area contributed by atoms with Crippen LogP contribution in [-0.4, -0.2) is 42.8 Å². The molecule has 14 heavy (non-hydrogen) atoms. The van der Waals surface area contributed by atoms with Crippen LogP contribution in [0.5, 0.6) is 0 Å². The third-order valence-corrected chi connectivity index (χ3v) is 1.61. The zero-order valence-corrected chi connectivity index (χ0v) is 8.70. The van der Waals surface area contributed by atoms with Gasteiger partial charge >= 0.3 is 12.0 Å². The van der Waals surface area contributed by atoms with Crippen LogP contribution in [0.2, 0.25) is 0 Å². The van der Waals surface area contributed by atoms with Crippen LogP contribution in [0, 0.1) is 5.92 Å². The summed E-state index contributed by atoms with van der Waals surface area (Å²) in [7, 11) is 3.39. The van der Waals surface area contributed by atoms with Gasteiger partial charge in [-0.25, -0.2) is 9.80 Å². The van der Waals surface area contributed by atoms with Crippen molar-refractivity contribution < 1.29 is 14.7 Å². The van der Waals surface area contributed by atoms with Gasteiger partial charge in [0.1, 0.15) is 0 Å². The summed E-state index contributed by atoms with van der Waals surface area (Å²) in [6.45, 7) is 1.96. The Morgan fingerprint density at radius 2 is 2.00 bits per heavy atom. The van der Waals surface area contributed by atoms with Gasteiger partial charge in [-0.05, 0) is 6.42 Å². The lowest BCUT2D eigenvalue weighted by molar-refractivity contribution is -0.141. The topological polar surface area (TPSA) is 81.7 Å². The normalized spacial score (nSPS) is 12.3. The molecule has 1 atom stereocenters. The molecule has 0 aromatic heterocycles. The number of carboxylic acid groups (broad SMARTS) is 1. The van der Waals surface area contributed by atoms with E-state index in [0.29, 0.717) is 13.0 Å². The van der Waals surface area contributed by atoms with E-state index in [1.807, 2.05) is 0 Å². The molecule has 0 aromatic rings. The lowest BCUT2D eigenvalue weighted by Gasteiger charge is -2.13. The van der Waals surface area contributed by atoms with E-state index < -0.39 is 11.9 Å². The van der Waals surface area contributed by atoms with Gasteiger partial charge < -0.3 is 10.4 Å². The van der Waals surface area contributed by atoms with Crippen molar-refractivity contribution in [3.8, 4) is 0 Å². The highest BCUT2D eigenvalue weighted by Crippen LogP contribution is 1.99. The molecular weight excluding hydrogens is 186 g/mol. The van der Waals surface area contributed by atoms with Crippen LogP contribution in [0.4, 0.5) is 4.79 Å². The van der Waals surface area contributed by atoms with Crippen molar-refractivity contribution in [3.63, 3.8) is 0 Å². The van der Waals surface area contributed by atoms with Crippen molar-refractivity contribution in [1.29, 1.82) is 0 Å². The number of carboxylic acids is 1. The number of amides is 2. The molecule has 6 heteroatoms. The van der Waals surface area contributed by atoms with Crippen LogP contribution in [0.1, 0.15) is 13.3 Å². The number of urea groups is 1. The Morgan fingerprint density at radius 1 is 1.43 bits per heavy atom. The minimum atomic E-state index is -0.847. The van der Waals surface area contributed by atoms with Gasteiger partial charge in [0, 0.05) is 20.6 Å². The quantitative estimate of drug-likeness (QED) is 0.544. The van der Waals surface area contributed by atoms with Crippen molar-refractivity contribution >= 4 is 12.0 Å². The molecule has 3 N–H and O–H groups in total. The highest BCUT2D eigenvalue weighted by molar-refractivity contribution is 5.73. The summed E-state index contributed by atoms with van der Waals surface area (Å²) in [4.78, 5) is 21.4. The van der Waals surface area contributed by atoms with E-state index in [1.165, 1.54) is 5.01 Å². The summed E-state index contributed by atoms with van der Waals surface area (Å²) in [5.74, 6) is -1.28. The summed E-state index contributed by atoms with van der Waals surface area (Å²) in [5.41, 5.74) is 2.48. The van der Waals surface area contributed by atoms with E-state index in [9.17, 15) is 9.59 Å². The standard InChI is InChI=1S/C8H17N3O3/c1-6(7(12)13)4-5-9-8(14)10-11(2)3/h6H,4-5H2,1-3H3,(H,12,13)(H2,9,10,14). The summed E-state index contributed by atoms with van der Waals surface area (Å²) in [6.07, 6.45) is 0.427. The average molecular weight is 203 g/mol. The number of carbonyl (C=O) groups excluding carboxylic acids is 1. The van der Waals surface area contributed by atoms with Crippen LogP contribution < -0.4 is 10.7 Å². The van der Waals surface area contributed by atoms with Gasteiger partial charge in [-0.1, -0.05) is 6.92 Å². The summed E-state index contributed by atoms with van der Waals surface area (Å²) < 4.78 is 0. The molecule has 0 saturated heterocycles. The number of nitrogens with zero attached hydrogens (tertiary/aromatic N) is 1. The van der Waals surface area contributed by atoms with E-state index in [2.05, 4.69) is 10.7 Å². The van der Waals surface area contributed by atoms with Crippen molar-refractivity contribution in [3.05, 3.63) is 0 Å². The van der Waals surface area contributed by atoms with Crippen LogP contribution in [-0.2, 0) is 4.79 Å². The SMILES string of the molecule is CC(CCNC(=O)NN(C)C)C(=O)O. The van der Waals surface area contributed by atoms with Crippen molar-refractivity contribution in [2.75, 3.05) is 20.6 Å². The van der Waals surface area contributed by atoms with Gasteiger partial charge in [-0.3, -0.25) is 10.2 Å². The molecule has 2 amide bonds. The predicted molar refractivity (Wildman–Crippen MR) is 51.6 cm³/mol. The van der Waals surface area contributed by atoms with E-state index in [-0.39, 0.29) is 6.03 Å². The molecule has 0 spiro atoms. The van der Waals surface area contributed by atoms with Crippen LogP contribution >= 0.6 is 0 Å². The Bertz CT molecular complexity index is 206. The lowest BCUT2D eigenvalue weighted by atomic mass is 10.1. The van der Waals surface area contributed by atoms with Gasteiger partial charge in [0.2, 0.25) is 0 Å². The monoisotopic (exact) mass is 203 g/mol. The summed E-state index contributed by atoms with van der Waals surface area (Å²) in [6, 6.07) is -0.326. The van der Waals surface area contributed by atoms with Crippen molar-refractivity contribution in [1.82, 2.24) is 15.8 Å². The smallest absolute Gasteiger partial charge is 0.329 e. The number of rotatable bonds is 5. The predicted octanol–water partition coefficient (Wildman–Crippen LogP) is -0.127. The summed E-state index contributed by atoms with van der Waals surface area (Å²) in [5, 5.41) is 12.6. The van der Waals surface area contributed by atoms with Gasteiger partial charge in [0.05, 0.1) is 5.92 Å². The van der Waals surface area contributed by atoms with E-state index >= 15 is 0 Å². The molecule has 0 aromatic carbocycles. The maximum Gasteiger partial charge on any atom is 0.329 e. The Labute approximate surface area is 83.2 Å². The number of carbonyl (C=O) groups is 2. The maximum absolute atomic E-state index is 11.0. The largest absolute Gasteiger partial charge is 0.481 e. The van der Waals surface area contributed by atoms with Gasteiger partial charge in [-0.15, -0.1) is 0 Å². The molecule has 1 unspecified atom stereocenters. The van der Waals surface area contributed by atoms with Crippen LogP contribution in [0.25, 0.3) is 0 Å². The zero-order valence-electron chi connectivity index (χ0n) is 8.70. The number of hydrogen-bond acceptors (Lipinski definition) is 3. The van der Waals surface area contributed by atoms with Gasteiger partial charge in [0.25, 0.3) is 0 Å². The second-order valence-corrected chi connectivity index (χ2v) is 3.29. The van der Waals surface area contributed by atoms with Gasteiger partial charge in [0.15, 0.2) is 0 Å². The molecule has 0 aliphatic carbocycles. The number of hydrazine groups is 1. The molecule has 0 fully saturated rings. The molecule has 0 aliphatic heterocycles. The fraction of sp³-hybridized carbons (Fsp3) is 0.750. The van der Waals surface area contributed by atoms with Crippen molar-refractivity contribution in [2.24, 2.45) is 5.92 Å². The van der Waals surface area contributed by atoms with Crippen LogP contribution in [0.15, 0.2) is 0 Å². The second kappa shape index (κ2) is 6.20. The van der Waals surface area contributed by atoms with Gasteiger partial charge in [-0.2, -0.15) is 0 Å². The molecule has 0 radical (unpaired) electrons. The van der Waals surface area contributed by atoms with E-state index in [4.69, 9.17) is 5.11 Å². The fourth-order valence-corrected chi connectivity index (χ4v) is 0.768. The van der Waals surface area contributed by atoms with Crippen molar-refractivity contribution in [2.45, 2.75) is 13.3 Å². The first-order chi connectivity index (χ1) is 6.43. The Hall–Kier alpha value is -1.30. The second-order valence-electron chi connectivity index (χ2n) is 3.29. The molecule has 0 aliphatic rings. The number of nitrogens with one attached hydrogen (secondary N) is 2. The summed E-state index contributed by atoms with van der Waals surface area (Å²) >= 11 is 0. The molecule has 0 saturated carbocycles. The highest BCUT2D eigenvalue weighted by Gasteiger charge is 2.10. The number of aliphatic carboxylic acids is 1. The minimum Gasteiger partial charge on any atom is -0.481 e. The van der Waals surface area contributed by atoms with E-state index in [0.717, 1.165) is 0 Å². The van der Waals surface area contributed by atoms with Crippen LogP contribution in [0.3, 0.4) is 0 Å². The maximum atomic E-state index is 11.0. The fourth-order valence-electron chi connectivity index (χ4n) is 0.768. The zero-order chi connectivity index (χ0) is 11.1. The Morgan fingerprint density at radius 3 is 2.43 bits per heavy atom. The highest BCUT2D eigenvalue weighted by atomic mass is 16.4. The first kappa shape index (κ1) is 12.7. The Balaban J connectivity index is 3.54. The number of hydrogen-bond donors (Lipinski definition) is 3. The average Bonchev–Trinajstić information content (AvgIpc) is 2.02. The molecule has 82 valence electrons. The molecule has 0 bridgehead atoms. The third-order valence-electron chi connectivity index (χ3n) is 1.61. The molecule has 0 rings (SSSR count). The van der Waals surface area contributed by atoms with E-state index in [1.54, 1.807) is 21.0 Å². The molecule has 0 heterocycles.